The van der Waals surface area contributed by atoms with Gasteiger partial charge >= 0.3 is 0 Å². The van der Waals surface area contributed by atoms with Gasteiger partial charge in [0.1, 0.15) is 0 Å². The van der Waals surface area contributed by atoms with E-state index >= 15 is 0 Å². The van der Waals surface area contributed by atoms with Crippen molar-refractivity contribution in [3.05, 3.63) is 29.8 Å². The molecule has 0 fully saturated rings. The molecule has 204 valence electrons. The Hall–Kier alpha value is -0.990. The molecule has 0 aliphatic rings. The van der Waals surface area contributed by atoms with Gasteiger partial charge in [-0.2, -0.15) is 8.42 Å². The fourth-order valence-electron chi connectivity index (χ4n) is 3.74. The molecule has 0 amide bonds. The minimum atomic E-state index is -3.73. The van der Waals surface area contributed by atoms with E-state index in [4.69, 9.17) is 18.4 Å². The maximum atomic E-state index is 12.0. The first-order valence-electron chi connectivity index (χ1n) is 13.8. The van der Waals surface area contributed by atoms with Gasteiger partial charge in [0.25, 0.3) is 10.1 Å². The van der Waals surface area contributed by atoms with Crippen molar-refractivity contribution in [3.63, 3.8) is 0 Å². The van der Waals surface area contributed by atoms with E-state index in [-0.39, 0.29) is 18.1 Å². The van der Waals surface area contributed by atoms with Crippen LogP contribution in [-0.4, -0.2) is 54.7 Å². The summed E-state index contributed by atoms with van der Waals surface area (Å²) in [5.41, 5.74) is 0.997. The highest BCUT2D eigenvalue weighted by atomic mass is 32.2. The smallest absolute Gasteiger partial charge is 0.297 e. The van der Waals surface area contributed by atoms with Crippen LogP contribution in [0.3, 0.4) is 0 Å². The van der Waals surface area contributed by atoms with Crippen LogP contribution in [0.4, 0.5) is 0 Å². The second-order valence-corrected chi connectivity index (χ2v) is 10.8. The summed E-state index contributed by atoms with van der Waals surface area (Å²) in [5.74, 6) is 0. The molecule has 0 radical (unpaired) electrons. The van der Waals surface area contributed by atoms with Gasteiger partial charge in [0.05, 0.1) is 44.5 Å². The molecule has 7 heteroatoms. The average Bonchev–Trinajstić information content (AvgIpc) is 2.84. The van der Waals surface area contributed by atoms with Crippen LogP contribution in [0, 0.1) is 6.92 Å². The van der Waals surface area contributed by atoms with Crippen LogP contribution in [0.1, 0.15) is 96.0 Å². The van der Waals surface area contributed by atoms with Gasteiger partial charge < -0.3 is 14.2 Å². The van der Waals surface area contributed by atoms with E-state index in [9.17, 15) is 8.42 Å². The molecule has 0 bridgehead atoms. The molecule has 0 unspecified atom stereocenters. The van der Waals surface area contributed by atoms with Crippen LogP contribution in [0.15, 0.2) is 29.2 Å². The Morgan fingerprint density at radius 3 is 1.43 bits per heavy atom. The Kier molecular flexibility index (Phi) is 20.3. The summed E-state index contributed by atoms with van der Waals surface area (Å²) >= 11 is 0. The zero-order chi connectivity index (χ0) is 25.5. The van der Waals surface area contributed by atoms with Crippen LogP contribution in [0.25, 0.3) is 0 Å². The monoisotopic (exact) mass is 514 g/mol. The lowest BCUT2D eigenvalue weighted by Gasteiger charge is -2.08. The molecule has 1 aromatic rings. The zero-order valence-corrected chi connectivity index (χ0v) is 23.1. The second kappa shape index (κ2) is 22.2. The predicted molar refractivity (Wildman–Crippen MR) is 142 cm³/mol. The molecule has 1 rings (SSSR count). The molecule has 6 nitrogen and oxygen atoms in total. The fraction of sp³-hybridized carbons (Fsp3) is 0.786. The first-order valence-corrected chi connectivity index (χ1v) is 15.2. The van der Waals surface area contributed by atoms with E-state index in [1.165, 1.54) is 77.0 Å². The number of benzene rings is 1. The number of unbranched alkanes of at least 4 members (excludes halogenated alkanes) is 12. The van der Waals surface area contributed by atoms with Crippen molar-refractivity contribution in [1.82, 2.24) is 0 Å². The van der Waals surface area contributed by atoms with Crippen LogP contribution in [-0.2, 0) is 28.5 Å². The van der Waals surface area contributed by atoms with E-state index in [0.29, 0.717) is 26.4 Å². The number of hydrogen-bond acceptors (Lipinski definition) is 6. The van der Waals surface area contributed by atoms with E-state index < -0.39 is 10.1 Å². The topological polar surface area (TPSA) is 71.1 Å². The number of aryl methyl sites for hydroxylation is 1. The maximum Gasteiger partial charge on any atom is 0.297 e. The predicted octanol–water partition coefficient (Wildman–Crippen LogP) is 6.84. The maximum absolute atomic E-state index is 12.0. The van der Waals surface area contributed by atoms with Crippen molar-refractivity contribution >= 4 is 10.1 Å². The third-order valence-corrected chi connectivity index (χ3v) is 7.24. The highest BCUT2D eigenvalue weighted by Crippen LogP contribution is 2.13. The first-order chi connectivity index (χ1) is 17.1. The number of ether oxygens (including phenoxy) is 3. The van der Waals surface area contributed by atoms with Gasteiger partial charge in [-0.1, -0.05) is 102 Å². The van der Waals surface area contributed by atoms with E-state index in [1.807, 2.05) is 6.92 Å². The SMILES string of the molecule is CCCCCCCCCCCCCCCOCCOCCOCCOS(=O)(=O)c1ccc(C)cc1. The number of hydrogen-bond donors (Lipinski definition) is 0. The van der Waals surface area contributed by atoms with Crippen LogP contribution in [0.2, 0.25) is 0 Å². The van der Waals surface area contributed by atoms with E-state index in [0.717, 1.165) is 18.6 Å². The molecule has 0 heterocycles. The van der Waals surface area contributed by atoms with Crippen molar-refractivity contribution in [2.45, 2.75) is 102 Å². The number of rotatable bonds is 25. The molecular formula is C28H50O6S. The van der Waals surface area contributed by atoms with Gasteiger partial charge in [0.2, 0.25) is 0 Å². The highest BCUT2D eigenvalue weighted by Gasteiger charge is 2.14. The zero-order valence-electron chi connectivity index (χ0n) is 22.3. The van der Waals surface area contributed by atoms with Crippen LogP contribution in [0.5, 0.6) is 0 Å². The lowest BCUT2D eigenvalue weighted by atomic mass is 10.0. The van der Waals surface area contributed by atoms with Gasteiger partial charge in [-0.3, -0.25) is 4.18 Å². The van der Waals surface area contributed by atoms with E-state index in [1.54, 1.807) is 24.3 Å². The molecule has 0 saturated carbocycles. The van der Waals surface area contributed by atoms with Gasteiger partial charge in [-0.05, 0) is 25.5 Å². The Morgan fingerprint density at radius 1 is 0.543 bits per heavy atom. The molecule has 1 aromatic carbocycles. The van der Waals surface area contributed by atoms with Crippen molar-refractivity contribution in [1.29, 1.82) is 0 Å². The molecule has 35 heavy (non-hydrogen) atoms. The lowest BCUT2D eigenvalue weighted by Crippen LogP contribution is -2.14. The molecule has 0 aliphatic carbocycles. The quantitative estimate of drug-likeness (QED) is 0.105. The molecule has 0 spiro atoms. The summed E-state index contributed by atoms with van der Waals surface area (Å²) in [5, 5.41) is 0. The Morgan fingerprint density at radius 2 is 0.943 bits per heavy atom. The van der Waals surface area contributed by atoms with Gasteiger partial charge in [0.15, 0.2) is 0 Å². The molecule has 0 aliphatic heterocycles. The summed E-state index contributed by atoms with van der Waals surface area (Å²) in [7, 11) is -3.73. The summed E-state index contributed by atoms with van der Waals surface area (Å²) < 4.78 is 45.5. The minimum Gasteiger partial charge on any atom is -0.379 e. The standard InChI is InChI=1S/C28H50O6S/c1-3-4-5-6-7-8-9-10-11-12-13-14-15-20-31-21-22-32-23-24-33-25-26-34-35(29,30)28-18-16-27(2)17-19-28/h16-19H,3-15,20-26H2,1-2H3. The molecule has 0 saturated heterocycles. The fourth-order valence-corrected chi connectivity index (χ4v) is 4.63. The first kappa shape index (κ1) is 32.0. The van der Waals surface area contributed by atoms with Crippen LogP contribution < -0.4 is 0 Å². The van der Waals surface area contributed by atoms with Crippen molar-refractivity contribution in [2.75, 3.05) is 46.2 Å². The normalized spacial score (nSPS) is 11.8. The van der Waals surface area contributed by atoms with Crippen molar-refractivity contribution in [3.8, 4) is 0 Å². The summed E-state index contributed by atoms with van der Waals surface area (Å²) in [6.45, 7) is 7.13. The third-order valence-electron chi connectivity index (χ3n) is 5.91. The third kappa shape index (κ3) is 18.9. The molecule has 0 atom stereocenters. The average molecular weight is 515 g/mol. The summed E-state index contributed by atoms with van der Waals surface area (Å²) in [6, 6.07) is 6.57. The lowest BCUT2D eigenvalue weighted by molar-refractivity contribution is 0.00912. The Balaban J connectivity index is 1.76. The molecule has 0 aromatic heterocycles. The Bertz CT molecular complexity index is 690. The highest BCUT2D eigenvalue weighted by molar-refractivity contribution is 7.86. The van der Waals surface area contributed by atoms with Gasteiger partial charge in [-0.15, -0.1) is 0 Å². The van der Waals surface area contributed by atoms with Crippen LogP contribution >= 0.6 is 0 Å². The minimum absolute atomic E-state index is 0.0154. The van der Waals surface area contributed by atoms with Crippen molar-refractivity contribution in [2.24, 2.45) is 0 Å². The summed E-state index contributed by atoms with van der Waals surface area (Å²) in [4.78, 5) is 0.158. The largest absolute Gasteiger partial charge is 0.379 e. The van der Waals surface area contributed by atoms with E-state index in [2.05, 4.69) is 6.92 Å². The van der Waals surface area contributed by atoms with Gasteiger partial charge in [0, 0.05) is 6.61 Å². The second-order valence-electron chi connectivity index (χ2n) is 9.17. The van der Waals surface area contributed by atoms with Crippen molar-refractivity contribution < 1.29 is 26.8 Å². The summed E-state index contributed by atoms with van der Waals surface area (Å²) in [6.07, 6.45) is 17.6. The Labute approximate surface area is 215 Å². The molecular weight excluding hydrogens is 464 g/mol. The van der Waals surface area contributed by atoms with Gasteiger partial charge in [-0.25, -0.2) is 0 Å². The molecule has 0 N–H and O–H groups in total.